The highest BCUT2D eigenvalue weighted by atomic mass is 16.6. The number of hydrogen-bond acceptors (Lipinski definition) is 6. The molecule has 2 amide bonds. The minimum Gasteiger partial charge on any atom is -0.457 e. The van der Waals surface area contributed by atoms with Crippen molar-refractivity contribution in [2.75, 3.05) is 4.90 Å². The number of carbonyl (C=O) groups is 2. The van der Waals surface area contributed by atoms with E-state index in [1.54, 1.807) is 36.4 Å². The zero-order valence-corrected chi connectivity index (χ0v) is 18.5. The lowest BCUT2D eigenvalue weighted by Gasteiger charge is -2.14. The van der Waals surface area contributed by atoms with Gasteiger partial charge in [0.25, 0.3) is 17.5 Å². The molecular formula is C27H18N2O6. The summed E-state index contributed by atoms with van der Waals surface area (Å²) in [6.07, 6.45) is 0. The number of anilines is 1. The molecule has 0 spiro atoms. The molecule has 0 saturated carbocycles. The van der Waals surface area contributed by atoms with Gasteiger partial charge in [-0.3, -0.25) is 19.7 Å². The van der Waals surface area contributed by atoms with Crippen molar-refractivity contribution in [2.24, 2.45) is 0 Å². The highest BCUT2D eigenvalue weighted by molar-refractivity contribution is 6.34. The van der Waals surface area contributed by atoms with Gasteiger partial charge in [0.15, 0.2) is 0 Å². The van der Waals surface area contributed by atoms with Crippen molar-refractivity contribution < 1.29 is 24.0 Å². The Bertz CT molecular complexity index is 1480. The number of amides is 2. The number of nitro benzene ring substituents is 1. The molecule has 0 radical (unpaired) electrons. The first-order chi connectivity index (χ1) is 16.9. The van der Waals surface area contributed by atoms with Crippen LogP contribution in [0.15, 0.2) is 91.0 Å². The summed E-state index contributed by atoms with van der Waals surface area (Å²) in [5, 5.41) is 11.0. The number of nitro groups is 1. The Morgan fingerprint density at radius 2 is 1.29 bits per heavy atom. The molecule has 0 fully saturated rings. The number of ether oxygens (including phenoxy) is 2. The number of non-ortho nitro benzene ring substituents is 1. The number of imide groups is 1. The Hall–Kier alpha value is -4.98. The van der Waals surface area contributed by atoms with Crippen molar-refractivity contribution in [3.05, 3.63) is 118 Å². The third-order valence-corrected chi connectivity index (χ3v) is 5.44. The fraction of sp³-hybridized carbons (Fsp3) is 0.0370. The lowest BCUT2D eigenvalue weighted by atomic mass is 10.1. The number of benzene rings is 4. The number of fused-ring (bicyclic) bond motifs is 1. The zero-order valence-electron chi connectivity index (χ0n) is 18.5. The van der Waals surface area contributed by atoms with Gasteiger partial charge >= 0.3 is 0 Å². The van der Waals surface area contributed by atoms with Crippen molar-refractivity contribution in [1.82, 2.24) is 0 Å². The maximum atomic E-state index is 13.1. The van der Waals surface area contributed by atoms with Gasteiger partial charge in [0.2, 0.25) is 0 Å². The molecule has 4 aromatic rings. The average molecular weight is 466 g/mol. The maximum absolute atomic E-state index is 13.1. The van der Waals surface area contributed by atoms with E-state index in [4.69, 9.17) is 9.47 Å². The summed E-state index contributed by atoms with van der Waals surface area (Å²) in [4.78, 5) is 37.6. The van der Waals surface area contributed by atoms with Gasteiger partial charge in [-0.15, -0.1) is 0 Å². The zero-order chi connectivity index (χ0) is 24.5. The molecule has 172 valence electrons. The smallest absolute Gasteiger partial charge is 0.273 e. The van der Waals surface area contributed by atoms with E-state index in [0.717, 1.165) is 10.5 Å². The maximum Gasteiger partial charge on any atom is 0.273 e. The van der Waals surface area contributed by atoms with E-state index in [1.165, 1.54) is 30.3 Å². The Morgan fingerprint density at radius 1 is 0.686 bits per heavy atom. The van der Waals surface area contributed by atoms with Crippen LogP contribution in [0.1, 0.15) is 26.3 Å². The molecule has 0 unspecified atom stereocenters. The minimum absolute atomic E-state index is 0.115. The Balaban J connectivity index is 1.36. The largest absolute Gasteiger partial charge is 0.457 e. The van der Waals surface area contributed by atoms with E-state index in [-0.39, 0.29) is 28.3 Å². The van der Waals surface area contributed by atoms with E-state index in [0.29, 0.717) is 17.2 Å². The van der Waals surface area contributed by atoms with Crippen LogP contribution in [-0.4, -0.2) is 16.7 Å². The van der Waals surface area contributed by atoms with Crippen LogP contribution >= 0.6 is 0 Å². The van der Waals surface area contributed by atoms with Crippen molar-refractivity contribution in [2.45, 2.75) is 6.92 Å². The summed E-state index contributed by atoms with van der Waals surface area (Å²) in [7, 11) is 0. The van der Waals surface area contributed by atoms with Gasteiger partial charge in [-0.2, -0.15) is 0 Å². The van der Waals surface area contributed by atoms with Crippen LogP contribution < -0.4 is 14.4 Å². The van der Waals surface area contributed by atoms with Gasteiger partial charge < -0.3 is 9.47 Å². The molecule has 4 aromatic carbocycles. The molecule has 1 aliphatic rings. The lowest BCUT2D eigenvalue weighted by molar-refractivity contribution is -0.384. The van der Waals surface area contributed by atoms with Crippen LogP contribution in [0.25, 0.3) is 0 Å². The number of nitrogens with zero attached hydrogens (tertiary/aromatic N) is 2. The Kier molecular flexibility index (Phi) is 5.46. The van der Waals surface area contributed by atoms with E-state index in [1.807, 2.05) is 31.2 Å². The highest BCUT2D eigenvalue weighted by Crippen LogP contribution is 2.34. The van der Waals surface area contributed by atoms with Crippen molar-refractivity contribution in [1.29, 1.82) is 0 Å². The summed E-state index contributed by atoms with van der Waals surface area (Å²) in [6, 6.07) is 24.5. The van der Waals surface area contributed by atoms with Crippen molar-refractivity contribution >= 4 is 23.2 Å². The topological polar surface area (TPSA) is 99.0 Å². The molecule has 0 aromatic heterocycles. The van der Waals surface area contributed by atoms with Crippen LogP contribution in [0.4, 0.5) is 11.4 Å². The first kappa shape index (κ1) is 21.8. The molecule has 8 heteroatoms. The van der Waals surface area contributed by atoms with Crippen LogP contribution in [0.2, 0.25) is 0 Å². The molecule has 1 aliphatic heterocycles. The summed E-state index contributed by atoms with van der Waals surface area (Å²) < 4.78 is 11.5. The van der Waals surface area contributed by atoms with Crippen LogP contribution in [0.5, 0.6) is 23.0 Å². The van der Waals surface area contributed by atoms with Gasteiger partial charge in [-0.25, -0.2) is 4.90 Å². The normalized spacial score (nSPS) is 12.4. The van der Waals surface area contributed by atoms with Gasteiger partial charge in [-0.1, -0.05) is 18.2 Å². The van der Waals surface area contributed by atoms with Crippen LogP contribution in [0, 0.1) is 17.0 Å². The standard InChI is InChI=1S/C27H18N2O6/c1-17-4-2-6-21(14-17)34-20-10-8-18(9-11-20)28-26(30)24-13-12-23(16-25(24)27(28)31)35-22-7-3-5-19(15-22)29(32)33/h2-16H,1H3. The summed E-state index contributed by atoms with van der Waals surface area (Å²) in [5.41, 5.74) is 1.81. The predicted octanol–water partition coefficient (Wildman–Crippen LogP) is 6.29. The molecule has 0 saturated heterocycles. The molecule has 0 N–H and O–H groups in total. The molecule has 8 nitrogen and oxygen atoms in total. The third kappa shape index (κ3) is 4.32. The molecule has 0 atom stereocenters. The number of hydrogen-bond donors (Lipinski definition) is 0. The average Bonchev–Trinajstić information content (AvgIpc) is 3.09. The molecule has 5 rings (SSSR count). The quantitative estimate of drug-likeness (QED) is 0.188. The first-order valence-corrected chi connectivity index (χ1v) is 10.7. The van der Waals surface area contributed by atoms with Gasteiger partial charge in [-0.05, 0) is 73.2 Å². The summed E-state index contributed by atoms with van der Waals surface area (Å²) >= 11 is 0. The minimum atomic E-state index is -0.521. The SMILES string of the molecule is Cc1cccc(Oc2ccc(N3C(=O)c4ccc(Oc5cccc([N+](=O)[O-])c5)cc4C3=O)cc2)c1. The number of carbonyl (C=O) groups excluding carboxylic acids is 2. The molecule has 0 bridgehead atoms. The molecular weight excluding hydrogens is 448 g/mol. The molecule has 1 heterocycles. The van der Waals surface area contributed by atoms with Gasteiger partial charge in [0.05, 0.1) is 27.8 Å². The molecule has 0 aliphatic carbocycles. The first-order valence-electron chi connectivity index (χ1n) is 10.7. The second-order valence-corrected chi connectivity index (χ2v) is 7.92. The number of aryl methyl sites for hydroxylation is 1. The Morgan fingerprint density at radius 3 is 2.00 bits per heavy atom. The fourth-order valence-electron chi connectivity index (χ4n) is 3.79. The van der Waals surface area contributed by atoms with E-state index in [9.17, 15) is 19.7 Å². The van der Waals surface area contributed by atoms with Crippen LogP contribution in [-0.2, 0) is 0 Å². The second-order valence-electron chi connectivity index (χ2n) is 7.92. The van der Waals surface area contributed by atoms with E-state index >= 15 is 0 Å². The lowest BCUT2D eigenvalue weighted by Crippen LogP contribution is -2.29. The van der Waals surface area contributed by atoms with Gasteiger partial charge in [0, 0.05) is 6.07 Å². The van der Waals surface area contributed by atoms with Gasteiger partial charge in [0.1, 0.15) is 23.0 Å². The third-order valence-electron chi connectivity index (χ3n) is 5.44. The highest BCUT2D eigenvalue weighted by Gasteiger charge is 2.37. The van der Waals surface area contributed by atoms with Crippen LogP contribution in [0.3, 0.4) is 0 Å². The number of rotatable bonds is 6. The second kappa shape index (κ2) is 8.75. The Labute approximate surface area is 200 Å². The van der Waals surface area contributed by atoms with E-state index in [2.05, 4.69) is 0 Å². The van der Waals surface area contributed by atoms with Crippen molar-refractivity contribution in [3.8, 4) is 23.0 Å². The molecule has 35 heavy (non-hydrogen) atoms. The van der Waals surface area contributed by atoms with E-state index < -0.39 is 16.7 Å². The summed E-state index contributed by atoms with van der Waals surface area (Å²) in [5.74, 6) is 0.866. The van der Waals surface area contributed by atoms with Crippen molar-refractivity contribution in [3.63, 3.8) is 0 Å². The predicted molar refractivity (Wildman–Crippen MR) is 128 cm³/mol. The summed E-state index contributed by atoms with van der Waals surface area (Å²) in [6.45, 7) is 1.97. The fourth-order valence-corrected chi connectivity index (χ4v) is 3.79. The monoisotopic (exact) mass is 466 g/mol.